The number of nitriles is 1. The SMILES string of the molecule is COC(=O)CC1(CSc2ccc([N+](=O)[O-])cc2C#N)CC1. The van der Waals surface area contributed by atoms with Crippen LogP contribution in [0, 0.1) is 26.9 Å². The van der Waals surface area contributed by atoms with E-state index in [0.717, 1.165) is 12.8 Å². The molecular weight excluding hydrogens is 292 g/mol. The molecule has 0 aromatic heterocycles. The number of hydrogen-bond acceptors (Lipinski definition) is 6. The maximum absolute atomic E-state index is 11.4. The molecule has 6 nitrogen and oxygen atoms in total. The normalized spacial score (nSPS) is 15.0. The molecule has 1 aromatic rings. The predicted molar refractivity (Wildman–Crippen MR) is 76.8 cm³/mol. The van der Waals surface area contributed by atoms with E-state index in [1.807, 2.05) is 6.07 Å². The zero-order valence-corrected chi connectivity index (χ0v) is 12.3. The maximum Gasteiger partial charge on any atom is 0.306 e. The van der Waals surface area contributed by atoms with E-state index in [-0.39, 0.29) is 17.1 Å². The Hall–Kier alpha value is -2.07. The molecule has 21 heavy (non-hydrogen) atoms. The summed E-state index contributed by atoms with van der Waals surface area (Å²) < 4.78 is 4.69. The van der Waals surface area contributed by atoms with Crippen LogP contribution in [0.2, 0.25) is 0 Å². The van der Waals surface area contributed by atoms with Crippen molar-refractivity contribution in [2.45, 2.75) is 24.2 Å². The minimum Gasteiger partial charge on any atom is -0.469 e. The molecule has 1 fully saturated rings. The molecule has 1 aromatic carbocycles. The van der Waals surface area contributed by atoms with Gasteiger partial charge in [-0.05, 0) is 24.3 Å². The molecule has 0 saturated heterocycles. The Kier molecular flexibility index (Phi) is 4.48. The molecule has 0 N–H and O–H groups in total. The third-order valence-corrected chi connectivity index (χ3v) is 4.96. The minimum absolute atomic E-state index is 0.0493. The van der Waals surface area contributed by atoms with Crippen LogP contribution in [0.5, 0.6) is 0 Å². The molecule has 0 bridgehead atoms. The van der Waals surface area contributed by atoms with Crippen LogP contribution in [0.25, 0.3) is 0 Å². The van der Waals surface area contributed by atoms with E-state index in [0.29, 0.717) is 22.6 Å². The quantitative estimate of drug-likeness (QED) is 0.347. The van der Waals surface area contributed by atoms with Gasteiger partial charge in [0.25, 0.3) is 5.69 Å². The van der Waals surface area contributed by atoms with E-state index in [9.17, 15) is 14.9 Å². The van der Waals surface area contributed by atoms with Crippen LogP contribution in [0.4, 0.5) is 5.69 Å². The molecule has 2 rings (SSSR count). The van der Waals surface area contributed by atoms with Gasteiger partial charge >= 0.3 is 5.97 Å². The number of nitro benzene ring substituents is 1. The molecule has 0 aliphatic heterocycles. The predicted octanol–water partition coefficient (Wildman–Crippen LogP) is 2.90. The highest BCUT2D eigenvalue weighted by molar-refractivity contribution is 7.99. The number of non-ortho nitro benzene ring substituents is 1. The summed E-state index contributed by atoms with van der Waals surface area (Å²) in [5.74, 6) is 0.478. The number of rotatable bonds is 6. The number of nitro groups is 1. The highest BCUT2D eigenvalue weighted by Gasteiger charge is 2.44. The fourth-order valence-electron chi connectivity index (χ4n) is 2.00. The lowest BCUT2D eigenvalue weighted by atomic mass is 10.1. The van der Waals surface area contributed by atoms with Gasteiger partial charge in [-0.2, -0.15) is 5.26 Å². The third kappa shape index (κ3) is 3.73. The van der Waals surface area contributed by atoms with Gasteiger partial charge < -0.3 is 4.74 Å². The van der Waals surface area contributed by atoms with Gasteiger partial charge in [0.05, 0.1) is 24.0 Å². The van der Waals surface area contributed by atoms with E-state index >= 15 is 0 Å². The monoisotopic (exact) mass is 306 g/mol. The number of thioether (sulfide) groups is 1. The summed E-state index contributed by atoms with van der Waals surface area (Å²) >= 11 is 1.46. The molecule has 0 heterocycles. The Morgan fingerprint density at radius 1 is 1.57 bits per heavy atom. The van der Waals surface area contributed by atoms with Crippen LogP contribution in [0.3, 0.4) is 0 Å². The largest absolute Gasteiger partial charge is 0.469 e. The number of nitrogens with zero attached hydrogens (tertiary/aromatic N) is 2. The van der Waals surface area contributed by atoms with Gasteiger partial charge in [-0.25, -0.2) is 0 Å². The number of esters is 1. The van der Waals surface area contributed by atoms with Crippen molar-refractivity contribution in [2.24, 2.45) is 5.41 Å². The summed E-state index contributed by atoms with van der Waals surface area (Å²) in [6.45, 7) is 0. The lowest BCUT2D eigenvalue weighted by Crippen LogP contribution is -2.13. The lowest BCUT2D eigenvalue weighted by molar-refractivity contribution is -0.384. The smallest absolute Gasteiger partial charge is 0.306 e. The molecule has 110 valence electrons. The Bertz CT molecular complexity index is 620. The van der Waals surface area contributed by atoms with E-state index in [1.54, 1.807) is 6.07 Å². The van der Waals surface area contributed by atoms with Crippen molar-refractivity contribution < 1.29 is 14.5 Å². The number of carbonyl (C=O) groups is 1. The number of carbonyl (C=O) groups excluding carboxylic acids is 1. The van der Waals surface area contributed by atoms with Crippen LogP contribution in [0.1, 0.15) is 24.8 Å². The Balaban J connectivity index is 2.05. The number of methoxy groups -OCH3 is 1. The van der Waals surface area contributed by atoms with Gasteiger partial charge in [0.2, 0.25) is 0 Å². The van der Waals surface area contributed by atoms with Crippen molar-refractivity contribution >= 4 is 23.4 Å². The first-order valence-electron chi connectivity index (χ1n) is 6.38. The first-order valence-corrected chi connectivity index (χ1v) is 7.36. The van der Waals surface area contributed by atoms with Crippen LogP contribution in [0.15, 0.2) is 23.1 Å². The van der Waals surface area contributed by atoms with Crippen molar-refractivity contribution in [2.75, 3.05) is 12.9 Å². The second-order valence-electron chi connectivity index (χ2n) is 5.09. The van der Waals surface area contributed by atoms with E-state index in [2.05, 4.69) is 4.74 Å². The molecule has 7 heteroatoms. The zero-order valence-electron chi connectivity index (χ0n) is 11.5. The highest BCUT2D eigenvalue weighted by Crippen LogP contribution is 2.52. The molecule has 0 atom stereocenters. The minimum atomic E-state index is -0.519. The fourth-order valence-corrected chi connectivity index (χ4v) is 3.28. The van der Waals surface area contributed by atoms with Crippen molar-refractivity contribution in [3.8, 4) is 6.07 Å². The summed E-state index contributed by atoms with van der Waals surface area (Å²) in [6, 6.07) is 6.25. The molecule has 1 aliphatic carbocycles. The number of benzene rings is 1. The second kappa shape index (κ2) is 6.14. The van der Waals surface area contributed by atoms with Crippen LogP contribution >= 0.6 is 11.8 Å². The number of hydrogen-bond donors (Lipinski definition) is 0. The van der Waals surface area contributed by atoms with Gasteiger partial charge in [0, 0.05) is 22.8 Å². The van der Waals surface area contributed by atoms with Crippen molar-refractivity contribution in [1.82, 2.24) is 0 Å². The Morgan fingerprint density at radius 3 is 2.81 bits per heavy atom. The average Bonchev–Trinajstić information content (AvgIpc) is 3.24. The molecule has 0 unspecified atom stereocenters. The zero-order chi connectivity index (χ0) is 15.5. The standard InChI is InChI=1S/C14H14N2O4S/c1-20-13(17)7-14(4-5-14)9-21-12-3-2-11(16(18)19)6-10(12)8-15/h2-3,6H,4-5,7,9H2,1H3. The van der Waals surface area contributed by atoms with E-state index in [4.69, 9.17) is 5.26 Å². The van der Waals surface area contributed by atoms with Crippen molar-refractivity contribution in [1.29, 1.82) is 5.26 Å². The summed E-state index contributed by atoms with van der Waals surface area (Å²) in [5.41, 5.74) is 0.154. The van der Waals surface area contributed by atoms with Crippen LogP contribution in [-0.2, 0) is 9.53 Å². The van der Waals surface area contributed by atoms with Gasteiger partial charge in [-0.3, -0.25) is 14.9 Å². The summed E-state index contributed by atoms with van der Waals surface area (Å²) in [5, 5.41) is 19.8. The average molecular weight is 306 g/mol. The van der Waals surface area contributed by atoms with Gasteiger partial charge in [0.15, 0.2) is 0 Å². The van der Waals surface area contributed by atoms with Gasteiger partial charge in [-0.1, -0.05) is 0 Å². The first kappa shape index (κ1) is 15.3. The maximum atomic E-state index is 11.4. The summed E-state index contributed by atoms with van der Waals surface area (Å²) in [4.78, 5) is 22.3. The molecule has 0 radical (unpaired) electrons. The fraction of sp³-hybridized carbons (Fsp3) is 0.429. The number of ether oxygens (including phenoxy) is 1. The highest BCUT2D eigenvalue weighted by atomic mass is 32.2. The van der Waals surface area contributed by atoms with E-state index in [1.165, 1.54) is 31.0 Å². The first-order chi connectivity index (χ1) is 9.99. The van der Waals surface area contributed by atoms with Crippen molar-refractivity contribution in [3.63, 3.8) is 0 Å². The second-order valence-corrected chi connectivity index (χ2v) is 6.11. The summed E-state index contributed by atoms with van der Waals surface area (Å²) in [7, 11) is 1.37. The third-order valence-electron chi connectivity index (χ3n) is 3.53. The topological polar surface area (TPSA) is 93.2 Å². The van der Waals surface area contributed by atoms with Crippen LogP contribution < -0.4 is 0 Å². The molecule has 0 amide bonds. The van der Waals surface area contributed by atoms with Gasteiger partial charge in [-0.15, -0.1) is 11.8 Å². The lowest BCUT2D eigenvalue weighted by Gasteiger charge is -2.13. The van der Waals surface area contributed by atoms with Gasteiger partial charge in [0.1, 0.15) is 6.07 Å². The summed E-state index contributed by atoms with van der Waals surface area (Å²) in [6.07, 6.45) is 2.30. The Morgan fingerprint density at radius 2 is 2.29 bits per heavy atom. The van der Waals surface area contributed by atoms with Crippen LogP contribution in [-0.4, -0.2) is 23.8 Å². The van der Waals surface area contributed by atoms with E-state index < -0.39 is 4.92 Å². The molecular formula is C14H14N2O4S. The molecule has 0 spiro atoms. The molecule has 1 aliphatic rings. The van der Waals surface area contributed by atoms with Crippen molar-refractivity contribution in [3.05, 3.63) is 33.9 Å². The Labute approximate surface area is 126 Å². The molecule has 1 saturated carbocycles.